The molecule has 0 bridgehead atoms. The lowest BCUT2D eigenvalue weighted by Gasteiger charge is -2.40. The molecule has 2 N–H and O–H groups in total. The summed E-state index contributed by atoms with van der Waals surface area (Å²) in [7, 11) is 0. The van der Waals surface area contributed by atoms with Crippen LogP contribution in [-0.4, -0.2) is 41.5 Å². The molecule has 100 valence electrons. The summed E-state index contributed by atoms with van der Waals surface area (Å²) in [5.41, 5.74) is -1.55. The summed E-state index contributed by atoms with van der Waals surface area (Å²) in [4.78, 5) is 11.2. The maximum atomic E-state index is 12.2. The Labute approximate surface area is 97.1 Å². The van der Waals surface area contributed by atoms with Crippen molar-refractivity contribution < 1.29 is 27.8 Å². The van der Waals surface area contributed by atoms with E-state index in [1.807, 2.05) is 0 Å². The number of ether oxygens (including phenoxy) is 1. The van der Waals surface area contributed by atoms with Crippen LogP contribution in [0, 0.1) is 0 Å². The maximum absolute atomic E-state index is 12.2. The van der Waals surface area contributed by atoms with E-state index >= 15 is 0 Å². The smallest absolute Gasteiger partial charge is 0.401 e. The number of carbonyl (C=O) groups is 1. The van der Waals surface area contributed by atoms with E-state index in [0.717, 1.165) is 0 Å². The molecule has 0 saturated carbocycles. The third-order valence-corrected chi connectivity index (χ3v) is 2.77. The largest absolute Gasteiger partial charge is 0.480 e. The van der Waals surface area contributed by atoms with E-state index in [2.05, 4.69) is 5.32 Å². The van der Waals surface area contributed by atoms with Crippen LogP contribution in [-0.2, 0) is 9.53 Å². The molecule has 1 rings (SSSR count). The predicted molar refractivity (Wildman–Crippen MR) is 53.7 cm³/mol. The molecule has 0 aromatic heterocycles. The number of nitrogens with one attached hydrogen (secondary N) is 1. The van der Waals surface area contributed by atoms with Crippen LogP contribution in [0.3, 0.4) is 0 Å². The van der Waals surface area contributed by atoms with Crippen LogP contribution in [0.1, 0.15) is 26.7 Å². The number of carboxylic acids is 1. The molecule has 2 unspecified atom stereocenters. The molecular weight excluding hydrogens is 239 g/mol. The van der Waals surface area contributed by atoms with Crippen molar-refractivity contribution in [3.05, 3.63) is 0 Å². The van der Waals surface area contributed by atoms with E-state index in [4.69, 9.17) is 9.84 Å². The number of carboxylic acid groups (broad SMARTS) is 1. The molecule has 7 heteroatoms. The fourth-order valence-corrected chi connectivity index (χ4v) is 2.22. The van der Waals surface area contributed by atoms with Gasteiger partial charge >= 0.3 is 12.1 Å². The van der Waals surface area contributed by atoms with Crippen LogP contribution < -0.4 is 5.32 Å². The minimum atomic E-state index is -4.42. The normalized spacial score (nSPS) is 34.6. The molecular formula is C10H16F3NO3. The lowest BCUT2D eigenvalue weighted by atomic mass is 9.84. The van der Waals surface area contributed by atoms with Crippen LogP contribution in [0.2, 0.25) is 0 Å². The molecule has 1 aliphatic heterocycles. The highest BCUT2D eigenvalue weighted by Gasteiger charge is 2.46. The highest BCUT2D eigenvalue weighted by Crippen LogP contribution is 2.30. The first-order valence-corrected chi connectivity index (χ1v) is 5.35. The van der Waals surface area contributed by atoms with Crippen molar-refractivity contribution >= 4 is 5.97 Å². The van der Waals surface area contributed by atoms with Crippen molar-refractivity contribution in [1.82, 2.24) is 5.32 Å². The van der Waals surface area contributed by atoms with Crippen molar-refractivity contribution in [1.29, 1.82) is 0 Å². The van der Waals surface area contributed by atoms with Gasteiger partial charge in [0.25, 0.3) is 0 Å². The molecule has 2 atom stereocenters. The predicted octanol–water partition coefficient (Wildman–Crippen LogP) is 1.55. The van der Waals surface area contributed by atoms with Crippen LogP contribution in [0.5, 0.6) is 0 Å². The Morgan fingerprint density at radius 2 is 1.88 bits per heavy atom. The third-order valence-electron chi connectivity index (χ3n) is 2.77. The molecule has 0 spiro atoms. The van der Waals surface area contributed by atoms with E-state index in [9.17, 15) is 18.0 Å². The van der Waals surface area contributed by atoms with Crippen molar-refractivity contribution in [2.75, 3.05) is 6.54 Å². The van der Waals surface area contributed by atoms with Gasteiger partial charge in [-0.05, 0) is 13.8 Å². The summed E-state index contributed by atoms with van der Waals surface area (Å²) in [6.45, 7) is 2.00. The lowest BCUT2D eigenvalue weighted by Crippen LogP contribution is -2.60. The Morgan fingerprint density at radius 1 is 1.41 bits per heavy atom. The molecule has 0 aliphatic carbocycles. The van der Waals surface area contributed by atoms with Gasteiger partial charge in [-0.1, -0.05) is 0 Å². The van der Waals surface area contributed by atoms with Gasteiger partial charge in [0.05, 0.1) is 18.8 Å². The highest BCUT2D eigenvalue weighted by molar-refractivity contribution is 5.79. The van der Waals surface area contributed by atoms with Crippen LogP contribution in [0.15, 0.2) is 0 Å². The van der Waals surface area contributed by atoms with E-state index in [0.29, 0.717) is 0 Å². The van der Waals surface area contributed by atoms with Crippen molar-refractivity contribution in [2.24, 2.45) is 0 Å². The van der Waals surface area contributed by atoms with Crippen molar-refractivity contribution in [2.45, 2.75) is 50.6 Å². The first-order chi connectivity index (χ1) is 7.65. The lowest BCUT2D eigenvalue weighted by molar-refractivity contribution is -0.163. The quantitative estimate of drug-likeness (QED) is 0.803. The molecule has 0 aromatic rings. The average Bonchev–Trinajstić information content (AvgIpc) is 2.11. The van der Waals surface area contributed by atoms with E-state index in [1.54, 1.807) is 13.8 Å². The third kappa shape index (κ3) is 3.85. The van der Waals surface area contributed by atoms with Crippen LogP contribution >= 0.6 is 0 Å². The number of hydrogen-bond acceptors (Lipinski definition) is 3. The van der Waals surface area contributed by atoms with Gasteiger partial charge in [0.15, 0.2) is 0 Å². The minimum Gasteiger partial charge on any atom is -0.480 e. The number of rotatable bonds is 3. The zero-order valence-corrected chi connectivity index (χ0v) is 9.67. The first-order valence-electron chi connectivity index (χ1n) is 5.35. The Hall–Kier alpha value is -0.820. The zero-order valence-electron chi connectivity index (χ0n) is 9.67. The monoisotopic (exact) mass is 255 g/mol. The number of halogens is 3. The summed E-state index contributed by atoms with van der Waals surface area (Å²) in [5, 5.41) is 11.3. The minimum absolute atomic E-state index is 0.0305. The first kappa shape index (κ1) is 14.2. The van der Waals surface area contributed by atoms with E-state index in [-0.39, 0.29) is 25.0 Å². The maximum Gasteiger partial charge on any atom is 0.401 e. The standard InChI is InChI=1S/C10H16F3NO3/c1-6-3-9(8(15)16,4-7(2)17-6)14-5-10(11,12)13/h6-7,14H,3-5H2,1-2H3,(H,15,16). The van der Waals surface area contributed by atoms with E-state index < -0.39 is 24.2 Å². The molecule has 0 amide bonds. The van der Waals surface area contributed by atoms with Gasteiger partial charge in [0.1, 0.15) is 5.54 Å². The zero-order chi connectivity index (χ0) is 13.3. The second kappa shape index (κ2) is 4.81. The summed E-state index contributed by atoms with van der Waals surface area (Å²) in [6, 6.07) is 0. The molecule has 1 aliphatic rings. The van der Waals surface area contributed by atoms with Gasteiger partial charge in [0.2, 0.25) is 0 Å². The van der Waals surface area contributed by atoms with Gasteiger partial charge in [-0.3, -0.25) is 10.1 Å². The summed E-state index contributed by atoms with van der Waals surface area (Å²) in [5.74, 6) is -1.26. The second-order valence-corrected chi connectivity index (χ2v) is 4.52. The van der Waals surface area contributed by atoms with Gasteiger partial charge in [-0.2, -0.15) is 13.2 Å². The molecule has 1 saturated heterocycles. The number of aliphatic carboxylic acids is 1. The van der Waals surface area contributed by atoms with Gasteiger partial charge in [-0.25, -0.2) is 0 Å². The van der Waals surface area contributed by atoms with Crippen LogP contribution in [0.25, 0.3) is 0 Å². The number of alkyl halides is 3. The SMILES string of the molecule is CC1CC(NCC(F)(F)F)(C(=O)O)CC(C)O1. The topological polar surface area (TPSA) is 58.6 Å². The average molecular weight is 255 g/mol. The summed E-state index contributed by atoms with van der Waals surface area (Å²) >= 11 is 0. The summed E-state index contributed by atoms with van der Waals surface area (Å²) < 4.78 is 41.8. The molecule has 0 aromatic carbocycles. The number of hydrogen-bond donors (Lipinski definition) is 2. The molecule has 4 nitrogen and oxygen atoms in total. The van der Waals surface area contributed by atoms with Gasteiger partial charge in [-0.15, -0.1) is 0 Å². The Balaban J connectivity index is 2.78. The molecule has 1 heterocycles. The van der Waals surface area contributed by atoms with Crippen LogP contribution in [0.4, 0.5) is 13.2 Å². The van der Waals surface area contributed by atoms with Gasteiger partial charge < -0.3 is 9.84 Å². The fraction of sp³-hybridized carbons (Fsp3) is 0.900. The Morgan fingerprint density at radius 3 is 2.24 bits per heavy atom. The Kier molecular flexibility index (Phi) is 4.03. The van der Waals surface area contributed by atoms with Crippen molar-refractivity contribution in [3.63, 3.8) is 0 Å². The van der Waals surface area contributed by atoms with Gasteiger partial charge in [0, 0.05) is 12.8 Å². The Bertz CT molecular complexity index is 283. The highest BCUT2D eigenvalue weighted by atomic mass is 19.4. The van der Waals surface area contributed by atoms with Crippen molar-refractivity contribution in [3.8, 4) is 0 Å². The molecule has 0 radical (unpaired) electrons. The second-order valence-electron chi connectivity index (χ2n) is 4.52. The fourth-order valence-electron chi connectivity index (χ4n) is 2.22. The summed E-state index contributed by atoms with van der Waals surface area (Å²) in [6.07, 6.45) is -5.12. The van der Waals surface area contributed by atoms with E-state index in [1.165, 1.54) is 0 Å². The molecule has 17 heavy (non-hydrogen) atoms. The molecule has 1 fully saturated rings.